The molecule has 0 saturated carbocycles. The maximum Gasteiger partial charge on any atom is 0.190 e. The van der Waals surface area contributed by atoms with Crippen molar-refractivity contribution in [1.29, 1.82) is 0 Å². The first-order chi connectivity index (χ1) is 10.3. The molecule has 4 rings (SSSR count). The quantitative estimate of drug-likeness (QED) is 0.450. The zero-order valence-corrected chi connectivity index (χ0v) is 12.2. The molecule has 4 nitrogen and oxygen atoms in total. The molecule has 0 spiro atoms. The van der Waals surface area contributed by atoms with E-state index in [1.54, 1.807) is 6.33 Å². The summed E-state index contributed by atoms with van der Waals surface area (Å²) in [6, 6.07) is 14.7. The Hall–Kier alpha value is -2.40. The summed E-state index contributed by atoms with van der Waals surface area (Å²) < 4.78 is 0. The third kappa shape index (κ3) is 2.06. The second kappa shape index (κ2) is 4.86. The van der Waals surface area contributed by atoms with Gasteiger partial charge >= 0.3 is 0 Å². The number of aromatic nitrogens is 4. The number of nitrogens with zero attached hydrogens (tertiary/aromatic N) is 3. The topological polar surface area (TPSA) is 54.5 Å². The molecule has 0 fully saturated rings. The van der Waals surface area contributed by atoms with Gasteiger partial charge in [0, 0.05) is 5.56 Å². The molecule has 4 aromatic rings. The molecule has 0 saturated heterocycles. The van der Waals surface area contributed by atoms with Crippen LogP contribution in [-0.2, 0) is 0 Å². The molecule has 0 bridgehead atoms. The second-order valence-electron chi connectivity index (χ2n) is 4.72. The third-order valence-electron chi connectivity index (χ3n) is 3.47. The first kappa shape index (κ1) is 12.3. The maximum atomic E-state index is 4.65. The Kier molecular flexibility index (Phi) is 2.86. The van der Waals surface area contributed by atoms with Crippen molar-refractivity contribution in [3.63, 3.8) is 0 Å². The van der Waals surface area contributed by atoms with E-state index in [1.165, 1.54) is 22.5 Å². The van der Waals surface area contributed by atoms with Gasteiger partial charge in [-0.3, -0.25) is 0 Å². The molecule has 0 atom stereocenters. The number of benzene rings is 2. The fraction of sp³-hybridized carbons (Fsp3) is 0.0625. The number of imidazole rings is 1. The van der Waals surface area contributed by atoms with Crippen LogP contribution in [0.5, 0.6) is 0 Å². The number of fused-ring (bicyclic) bond motifs is 2. The molecule has 102 valence electrons. The Morgan fingerprint density at radius 2 is 1.86 bits per heavy atom. The van der Waals surface area contributed by atoms with Crippen molar-refractivity contribution in [2.75, 3.05) is 6.26 Å². The van der Waals surface area contributed by atoms with Gasteiger partial charge in [0.05, 0.1) is 6.33 Å². The van der Waals surface area contributed by atoms with Crippen LogP contribution < -0.4 is 0 Å². The Balaban J connectivity index is 2.00. The highest BCUT2D eigenvalue weighted by Gasteiger charge is 2.11. The predicted molar refractivity (Wildman–Crippen MR) is 86.4 cm³/mol. The van der Waals surface area contributed by atoms with Gasteiger partial charge in [-0.15, -0.1) is 0 Å². The van der Waals surface area contributed by atoms with Crippen LogP contribution in [0, 0.1) is 0 Å². The van der Waals surface area contributed by atoms with Crippen molar-refractivity contribution in [1.82, 2.24) is 19.9 Å². The van der Waals surface area contributed by atoms with Gasteiger partial charge in [-0.25, -0.2) is 15.0 Å². The van der Waals surface area contributed by atoms with Crippen LogP contribution in [0.1, 0.15) is 0 Å². The lowest BCUT2D eigenvalue weighted by Crippen LogP contribution is -1.93. The molecule has 2 aromatic heterocycles. The Morgan fingerprint density at radius 3 is 2.71 bits per heavy atom. The van der Waals surface area contributed by atoms with E-state index in [-0.39, 0.29) is 0 Å². The van der Waals surface area contributed by atoms with Gasteiger partial charge in [0.15, 0.2) is 10.8 Å². The summed E-state index contributed by atoms with van der Waals surface area (Å²) in [6.45, 7) is 0. The number of nitrogens with one attached hydrogen (secondary N) is 1. The monoisotopic (exact) mass is 292 g/mol. The lowest BCUT2D eigenvalue weighted by atomic mass is 10.0. The molecule has 0 unspecified atom stereocenters. The van der Waals surface area contributed by atoms with Crippen LogP contribution in [0.3, 0.4) is 0 Å². The van der Waals surface area contributed by atoms with Crippen molar-refractivity contribution in [2.45, 2.75) is 5.16 Å². The minimum Gasteiger partial charge on any atom is -0.341 e. The van der Waals surface area contributed by atoms with Gasteiger partial charge in [0.1, 0.15) is 11.2 Å². The molecular weight excluding hydrogens is 280 g/mol. The van der Waals surface area contributed by atoms with Crippen LogP contribution in [-0.4, -0.2) is 26.2 Å². The van der Waals surface area contributed by atoms with Gasteiger partial charge < -0.3 is 4.98 Å². The molecule has 21 heavy (non-hydrogen) atoms. The average Bonchev–Trinajstić information content (AvgIpc) is 3.01. The van der Waals surface area contributed by atoms with Crippen molar-refractivity contribution in [3.05, 3.63) is 48.8 Å². The highest BCUT2D eigenvalue weighted by Crippen LogP contribution is 2.28. The first-order valence-corrected chi connectivity index (χ1v) is 7.82. The zero-order valence-electron chi connectivity index (χ0n) is 11.4. The van der Waals surface area contributed by atoms with Crippen LogP contribution in [0.15, 0.2) is 53.9 Å². The van der Waals surface area contributed by atoms with E-state index >= 15 is 0 Å². The van der Waals surface area contributed by atoms with E-state index in [0.717, 1.165) is 21.9 Å². The summed E-state index contributed by atoms with van der Waals surface area (Å²) in [7, 11) is 0. The van der Waals surface area contributed by atoms with E-state index in [9.17, 15) is 0 Å². The molecule has 2 aromatic carbocycles. The lowest BCUT2D eigenvalue weighted by molar-refractivity contribution is 1.00. The molecule has 1 N–H and O–H groups in total. The van der Waals surface area contributed by atoms with Crippen LogP contribution in [0.4, 0.5) is 0 Å². The van der Waals surface area contributed by atoms with Gasteiger partial charge in [0.25, 0.3) is 0 Å². The number of hydrogen-bond acceptors (Lipinski definition) is 4. The highest BCUT2D eigenvalue weighted by atomic mass is 32.2. The SMILES string of the molecule is CSc1nc(-c2ccc3ccccc3c2)c2[nH]cnc2n1. The Morgan fingerprint density at radius 1 is 1.00 bits per heavy atom. The van der Waals surface area contributed by atoms with Gasteiger partial charge in [0.2, 0.25) is 0 Å². The van der Waals surface area contributed by atoms with E-state index in [4.69, 9.17) is 0 Å². The number of H-pyrrole nitrogens is 1. The fourth-order valence-electron chi connectivity index (χ4n) is 2.45. The van der Waals surface area contributed by atoms with E-state index in [0.29, 0.717) is 5.65 Å². The molecule has 0 amide bonds. The van der Waals surface area contributed by atoms with Crippen molar-refractivity contribution >= 4 is 33.7 Å². The number of aromatic amines is 1. The number of thioether (sulfide) groups is 1. The molecule has 0 aliphatic carbocycles. The van der Waals surface area contributed by atoms with E-state index < -0.39 is 0 Å². The molecule has 0 aliphatic rings. The van der Waals surface area contributed by atoms with Crippen molar-refractivity contribution in [2.24, 2.45) is 0 Å². The molecule has 5 heteroatoms. The van der Waals surface area contributed by atoms with Crippen molar-refractivity contribution < 1.29 is 0 Å². The first-order valence-electron chi connectivity index (χ1n) is 6.59. The summed E-state index contributed by atoms with van der Waals surface area (Å²) in [4.78, 5) is 16.5. The molecule has 2 heterocycles. The van der Waals surface area contributed by atoms with Gasteiger partial charge in [-0.05, 0) is 23.1 Å². The van der Waals surface area contributed by atoms with Crippen LogP contribution >= 0.6 is 11.8 Å². The Labute approximate surface area is 125 Å². The maximum absolute atomic E-state index is 4.65. The summed E-state index contributed by atoms with van der Waals surface area (Å²) in [5.74, 6) is 0. The lowest BCUT2D eigenvalue weighted by Gasteiger charge is -2.06. The van der Waals surface area contributed by atoms with Crippen LogP contribution in [0.25, 0.3) is 33.2 Å². The van der Waals surface area contributed by atoms with Gasteiger partial charge in [-0.2, -0.15) is 0 Å². The fourth-order valence-corrected chi connectivity index (χ4v) is 2.81. The largest absolute Gasteiger partial charge is 0.341 e. The third-order valence-corrected chi connectivity index (χ3v) is 4.02. The summed E-state index contributed by atoms with van der Waals surface area (Å²) in [6.07, 6.45) is 3.63. The summed E-state index contributed by atoms with van der Waals surface area (Å²) >= 11 is 1.52. The second-order valence-corrected chi connectivity index (χ2v) is 5.50. The Bertz CT molecular complexity index is 945. The number of hydrogen-bond donors (Lipinski definition) is 1. The summed E-state index contributed by atoms with van der Waals surface area (Å²) in [5.41, 5.74) is 3.55. The minimum absolute atomic E-state index is 0.706. The van der Waals surface area contributed by atoms with Crippen molar-refractivity contribution in [3.8, 4) is 11.3 Å². The minimum atomic E-state index is 0.706. The summed E-state index contributed by atoms with van der Waals surface area (Å²) in [5, 5.41) is 3.16. The number of rotatable bonds is 2. The van der Waals surface area contributed by atoms with E-state index in [2.05, 4.69) is 50.3 Å². The van der Waals surface area contributed by atoms with Crippen LogP contribution in [0.2, 0.25) is 0 Å². The molecule has 0 radical (unpaired) electrons. The molecule has 0 aliphatic heterocycles. The predicted octanol–water partition coefficient (Wildman–Crippen LogP) is 3.90. The standard InChI is InChI=1S/C16H12N4S/c1-21-16-19-13(14-15(20-16)18-9-17-14)12-7-6-10-4-2-3-5-11(10)8-12/h2-9H,1H3,(H,17,18,19,20). The average molecular weight is 292 g/mol. The van der Waals surface area contributed by atoms with Gasteiger partial charge in [-0.1, -0.05) is 48.2 Å². The molecular formula is C16H12N4S. The smallest absolute Gasteiger partial charge is 0.190 e. The van der Waals surface area contributed by atoms with E-state index in [1.807, 2.05) is 18.4 Å². The zero-order chi connectivity index (χ0) is 14.2. The normalized spacial score (nSPS) is 11.3. The highest BCUT2D eigenvalue weighted by molar-refractivity contribution is 7.98.